The van der Waals surface area contributed by atoms with Gasteiger partial charge in [0.1, 0.15) is 5.69 Å². The van der Waals surface area contributed by atoms with Crippen LogP contribution >= 0.6 is 22.9 Å². The number of benzene rings is 2. The second-order valence-electron chi connectivity index (χ2n) is 5.57. The Morgan fingerprint density at radius 3 is 2.56 bits per heavy atom. The SMILES string of the molecule is CN(C)c1ccc(NC(=O)c2csc(Nc3cccc(Cl)c3)n2)cc1. The summed E-state index contributed by atoms with van der Waals surface area (Å²) in [5.41, 5.74) is 2.99. The molecule has 1 amide bonds. The van der Waals surface area contributed by atoms with Gasteiger partial charge in [0.25, 0.3) is 5.91 Å². The number of nitrogens with zero attached hydrogens (tertiary/aromatic N) is 2. The molecule has 2 N–H and O–H groups in total. The van der Waals surface area contributed by atoms with Gasteiger partial charge in [0.05, 0.1) is 0 Å². The molecule has 2 aromatic carbocycles. The van der Waals surface area contributed by atoms with E-state index in [1.807, 2.05) is 55.4 Å². The number of carbonyl (C=O) groups excluding carboxylic acids is 1. The van der Waals surface area contributed by atoms with Crippen LogP contribution in [0.15, 0.2) is 53.9 Å². The van der Waals surface area contributed by atoms with E-state index >= 15 is 0 Å². The first-order chi connectivity index (χ1) is 12.0. The third-order valence-corrected chi connectivity index (χ3v) is 4.45. The van der Waals surface area contributed by atoms with Crippen molar-refractivity contribution >= 4 is 51.0 Å². The molecule has 7 heteroatoms. The Bertz CT molecular complexity index is 877. The summed E-state index contributed by atoms with van der Waals surface area (Å²) in [5.74, 6) is -0.243. The normalized spacial score (nSPS) is 10.4. The van der Waals surface area contributed by atoms with Crippen LogP contribution in [0, 0.1) is 0 Å². The van der Waals surface area contributed by atoms with Gasteiger partial charge in [-0.1, -0.05) is 17.7 Å². The van der Waals surface area contributed by atoms with Gasteiger partial charge in [0.2, 0.25) is 0 Å². The average molecular weight is 373 g/mol. The first-order valence-electron chi connectivity index (χ1n) is 7.58. The fraction of sp³-hybridized carbons (Fsp3) is 0.111. The molecule has 3 aromatic rings. The van der Waals surface area contributed by atoms with E-state index < -0.39 is 0 Å². The van der Waals surface area contributed by atoms with E-state index in [2.05, 4.69) is 15.6 Å². The third kappa shape index (κ3) is 4.49. The molecule has 0 aliphatic rings. The molecule has 0 spiro atoms. The molecule has 25 heavy (non-hydrogen) atoms. The van der Waals surface area contributed by atoms with Crippen LogP contribution < -0.4 is 15.5 Å². The highest BCUT2D eigenvalue weighted by Crippen LogP contribution is 2.24. The van der Waals surface area contributed by atoms with E-state index in [0.29, 0.717) is 15.8 Å². The quantitative estimate of drug-likeness (QED) is 0.671. The fourth-order valence-corrected chi connectivity index (χ4v) is 3.06. The Morgan fingerprint density at radius 2 is 1.88 bits per heavy atom. The zero-order chi connectivity index (χ0) is 17.8. The Balaban J connectivity index is 1.66. The Morgan fingerprint density at radius 1 is 1.12 bits per heavy atom. The van der Waals surface area contributed by atoms with Crippen LogP contribution in [-0.2, 0) is 0 Å². The molecule has 0 saturated heterocycles. The molecule has 0 aliphatic carbocycles. The molecule has 1 aromatic heterocycles. The maximum absolute atomic E-state index is 12.3. The van der Waals surface area contributed by atoms with Crippen LogP contribution in [0.1, 0.15) is 10.5 Å². The van der Waals surface area contributed by atoms with Crippen LogP contribution in [-0.4, -0.2) is 25.0 Å². The van der Waals surface area contributed by atoms with Crippen LogP contribution in [0.3, 0.4) is 0 Å². The van der Waals surface area contributed by atoms with E-state index in [4.69, 9.17) is 11.6 Å². The average Bonchev–Trinajstić information content (AvgIpc) is 3.04. The van der Waals surface area contributed by atoms with Gasteiger partial charge in [0, 0.05) is 41.6 Å². The highest BCUT2D eigenvalue weighted by atomic mass is 35.5. The number of hydrogen-bond donors (Lipinski definition) is 2. The van der Waals surface area contributed by atoms with Crippen LogP contribution in [0.2, 0.25) is 5.02 Å². The molecule has 0 saturated carbocycles. The van der Waals surface area contributed by atoms with Gasteiger partial charge in [-0.15, -0.1) is 11.3 Å². The van der Waals surface area contributed by atoms with E-state index in [9.17, 15) is 4.79 Å². The largest absolute Gasteiger partial charge is 0.378 e. The molecule has 5 nitrogen and oxygen atoms in total. The molecule has 3 rings (SSSR count). The first kappa shape index (κ1) is 17.3. The van der Waals surface area contributed by atoms with Crippen molar-refractivity contribution < 1.29 is 4.79 Å². The van der Waals surface area contributed by atoms with Crippen molar-refractivity contribution in [1.82, 2.24) is 4.98 Å². The number of carbonyl (C=O) groups is 1. The fourth-order valence-electron chi connectivity index (χ4n) is 2.16. The van der Waals surface area contributed by atoms with Gasteiger partial charge >= 0.3 is 0 Å². The van der Waals surface area contributed by atoms with Crippen molar-refractivity contribution in [3.63, 3.8) is 0 Å². The smallest absolute Gasteiger partial charge is 0.275 e. The van der Waals surface area contributed by atoms with Crippen molar-refractivity contribution in [2.45, 2.75) is 0 Å². The predicted octanol–water partition coefficient (Wildman–Crippen LogP) is 4.86. The van der Waals surface area contributed by atoms with Crippen LogP contribution in [0.4, 0.5) is 22.2 Å². The summed E-state index contributed by atoms with van der Waals surface area (Å²) < 4.78 is 0. The lowest BCUT2D eigenvalue weighted by Gasteiger charge is -2.12. The van der Waals surface area contributed by atoms with Crippen molar-refractivity contribution in [1.29, 1.82) is 0 Å². The molecular weight excluding hydrogens is 356 g/mol. The lowest BCUT2D eigenvalue weighted by molar-refractivity contribution is 0.102. The van der Waals surface area contributed by atoms with E-state index in [0.717, 1.165) is 17.1 Å². The van der Waals surface area contributed by atoms with Crippen molar-refractivity contribution in [2.24, 2.45) is 0 Å². The predicted molar refractivity (Wildman–Crippen MR) is 106 cm³/mol. The van der Waals surface area contributed by atoms with E-state index in [-0.39, 0.29) is 5.91 Å². The number of hydrogen-bond acceptors (Lipinski definition) is 5. The molecule has 0 aliphatic heterocycles. The highest BCUT2D eigenvalue weighted by Gasteiger charge is 2.11. The maximum atomic E-state index is 12.3. The van der Waals surface area contributed by atoms with Gasteiger partial charge in [0.15, 0.2) is 5.13 Å². The van der Waals surface area contributed by atoms with Crippen molar-refractivity contribution in [3.8, 4) is 0 Å². The molecule has 128 valence electrons. The minimum Gasteiger partial charge on any atom is -0.378 e. The second-order valence-corrected chi connectivity index (χ2v) is 6.86. The minimum absolute atomic E-state index is 0.243. The molecule has 0 fully saturated rings. The van der Waals surface area contributed by atoms with Gasteiger partial charge < -0.3 is 15.5 Å². The number of nitrogens with one attached hydrogen (secondary N) is 2. The summed E-state index contributed by atoms with van der Waals surface area (Å²) in [5, 5.41) is 8.98. The molecular formula is C18H17ClN4OS. The molecule has 0 radical (unpaired) electrons. The molecule has 1 heterocycles. The van der Waals surface area contributed by atoms with Crippen LogP contribution in [0.25, 0.3) is 0 Å². The Labute approximate surface area is 155 Å². The van der Waals surface area contributed by atoms with Gasteiger partial charge in [-0.05, 0) is 42.5 Å². The summed E-state index contributed by atoms with van der Waals surface area (Å²) >= 11 is 7.33. The lowest BCUT2D eigenvalue weighted by atomic mass is 10.2. The van der Waals surface area contributed by atoms with Gasteiger partial charge in [-0.25, -0.2) is 4.98 Å². The summed E-state index contributed by atoms with van der Waals surface area (Å²) in [6, 6.07) is 15.0. The zero-order valence-corrected chi connectivity index (χ0v) is 15.4. The molecule has 0 unspecified atom stereocenters. The molecule has 0 atom stereocenters. The summed E-state index contributed by atoms with van der Waals surface area (Å²) in [6.07, 6.45) is 0. The maximum Gasteiger partial charge on any atom is 0.275 e. The minimum atomic E-state index is -0.243. The van der Waals surface area contributed by atoms with Gasteiger partial charge in [-0.3, -0.25) is 4.79 Å². The monoisotopic (exact) mass is 372 g/mol. The van der Waals surface area contributed by atoms with Crippen LogP contribution in [0.5, 0.6) is 0 Å². The third-order valence-electron chi connectivity index (χ3n) is 3.45. The van der Waals surface area contributed by atoms with Gasteiger partial charge in [-0.2, -0.15) is 0 Å². The van der Waals surface area contributed by atoms with Crippen molar-refractivity contribution in [2.75, 3.05) is 29.6 Å². The Hall–Kier alpha value is -2.57. The number of amides is 1. The summed E-state index contributed by atoms with van der Waals surface area (Å²) in [4.78, 5) is 18.6. The second kappa shape index (κ2) is 7.55. The first-order valence-corrected chi connectivity index (χ1v) is 8.84. The van der Waals surface area contributed by atoms with Crippen molar-refractivity contribution in [3.05, 3.63) is 64.6 Å². The summed E-state index contributed by atoms with van der Waals surface area (Å²) in [6.45, 7) is 0. The standard InChI is InChI=1S/C18H17ClN4OS/c1-23(2)15-8-6-13(7-9-15)20-17(24)16-11-25-18(22-16)21-14-5-3-4-12(19)10-14/h3-11H,1-2H3,(H,20,24)(H,21,22). The zero-order valence-electron chi connectivity index (χ0n) is 13.8. The number of halogens is 1. The number of thiazole rings is 1. The lowest BCUT2D eigenvalue weighted by Crippen LogP contribution is -2.13. The van der Waals surface area contributed by atoms with E-state index in [1.165, 1.54) is 11.3 Å². The van der Waals surface area contributed by atoms with E-state index in [1.54, 1.807) is 17.5 Å². The summed E-state index contributed by atoms with van der Waals surface area (Å²) in [7, 11) is 3.94. The molecule has 0 bridgehead atoms. The number of rotatable bonds is 5. The topological polar surface area (TPSA) is 57.3 Å². The number of aromatic nitrogens is 1. The number of anilines is 4. The Kier molecular flexibility index (Phi) is 5.21. The highest BCUT2D eigenvalue weighted by molar-refractivity contribution is 7.14.